The van der Waals surface area contributed by atoms with Crippen LogP contribution in [0.1, 0.15) is 40.0 Å². The fourth-order valence-electron chi connectivity index (χ4n) is 2.74. The molecule has 3 unspecified atom stereocenters. The van der Waals surface area contributed by atoms with Gasteiger partial charge in [0.1, 0.15) is 6.04 Å². The van der Waals surface area contributed by atoms with E-state index in [0.717, 1.165) is 6.42 Å². The van der Waals surface area contributed by atoms with Crippen molar-refractivity contribution < 1.29 is 24.6 Å². The number of piperidine rings is 1. The predicted octanol–water partition coefficient (Wildman–Crippen LogP) is 1.38. The maximum Gasteiger partial charge on any atom is 0.326 e. The summed E-state index contributed by atoms with van der Waals surface area (Å²) in [6.45, 7) is 6.66. The van der Waals surface area contributed by atoms with E-state index in [1.54, 1.807) is 4.90 Å². The Labute approximate surface area is 124 Å². The second kappa shape index (κ2) is 7.28. The molecule has 0 aliphatic carbocycles. The van der Waals surface area contributed by atoms with Gasteiger partial charge in [0, 0.05) is 19.0 Å². The van der Waals surface area contributed by atoms with Crippen LogP contribution in [0.15, 0.2) is 0 Å². The molecule has 0 aromatic carbocycles. The van der Waals surface area contributed by atoms with Crippen molar-refractivity contribution in [1.82, 2.24) is 10.2 Å². The van der Waals surface area contributed by atoms with Crippen molar-refractivity contribution in [2.24, 2.45) is 11.8 Å². The van der Waals surface area contributed by atoms with Gasteiger partial charge in [-0.1, -0.05) is 13.8 Å². The lowest BCUT2D eigenvalue weighted by atomic mass is 9.86. The molecule has 0 aromatic heterocycles. The first-order valence-electron chi connectivity index (χ1n) is 7.24. The molecule has 1 rings (SSSR count). The first kappa shape index (κ1) is 17.3. The Morgan fingerprint density at radius 3 is 2.38 bits per heavy atom. The lowest BCUT2D eigenvalue weighted by Crippen LogP contribution is -2.55. The molecular formula is C14H24N2O5. The van der Waals surface area contributed by atoms with E-state index >= 15 is 0 Å². The summed E-state index contributed by atoms with van der Waals surface area (Å²) in [4.78, 5) is 35.6. The Kier molecular flexibility index (Phi) is 5.99. The Morgan fingerprint density at radius 2 is 1.86 bits per heavy atom. The predicted molar refractivity (Wildman–Crippen MR) is 75.9 cm³/mol. The van der Waals surface area contributed by atoms with E-state index in [0.29, 0.717) is 18.4 Å². The van der Waals surface area contributed by atoms with Gasteiger partial charge in [-0.25, -0.2) is 9.59 Å². The highest BCUT2D eigenvalue weighted by atomic mass is 16.4. The molecule has 1 fully saturated rings. The maximum absolute atomic E-state index is 12.3. The van der Waals surface area contributed by atoms with Gasteiger partial charge in [0.25, 0.3) is 0 Å². The number of carboxylic acids is 2. The van der Waals surface area contributed by atoms with E-state index in [4.69, 9.17) is 10.2 Å². The van der Waals surface area contributed by atoms with Gasteiger partial charge in [-0.05, 0) is 31.6 Å². The topological polar surface area (TPSA) is 107 Å². The Hall–Kier alpha value is -1.79. The standard InChI is InChI=1S/C14H24N2O5/c1-8-6-9(2)10(3)16(7-8)14(21)15-11(13(19)20)4-5-12(17)18/h8-11H,4-7H2,1-3H3,(H,15,21)(H,17,18)(H,19,20)/t8?,9?,10?,11-/m0/s1. The van der Waals surface area contributed by atoms with E-state index < -0.39 is 24.0 Å². The van der Waals surface area contributed by atoms with Crippen molar-refractivity contribution in [2.45, 2.75) is 52.1 Å². The van der Waals surface area contributed by atoms with Gasteiger partial charge in [0.05, 0.1) is 0 Å². The van der Waals surface area contributed by atoms with Gasteiger partial charge in [-0.2, -0.15) is 0 Å². The molecule has 0 saturated carbocycles. The molecule has 1 saturated heterocycles. The van der Waals surface area contributed by atoms with Crippen LogP contribution >= 0.6 is 0 Å². The quantitative estimate of drug-likeness (QED) is 0.711. The van der Waals surface area contributed by atoms with E-state index in [-0.39, 0.29) is 18.9 Å². The molecule has 4 atom stereocenters. The number of urea groups is 1. The van der Waals surface area contributed by atoms with Gasteiger partial charge in [0.2, 0.25) is 0 Å². The summed E-state index contributed by atoms with van der Waals surface area (Å²) in [6.07, 6.45) is 0.621. The van der Waals surface area contributed by atoms with Crippen LogP contribution in [0.2, 0.25) is 0 Å². The average Bonchev–Trinajstić information content (AvgIpc) is 2.37. The summed E-state index contributed by atoms with van der Waals surface area (Å²) < 4.78 is 0. The zero-order valence-corrected chi connectivity index (χ0v) is 12.7. The third kappa shape index (κ3) is 4.91. The number of carboxylic acid groups (broad SMARTS) is 2. The first-order chi connectivity index (χ1) is 9.72. The number of carbonyl (C=O) groups excluding carboxylic acids is 1. The number of carbonyl (C=O) groups is 3. The Morgan fingerprint density at radius 1 is 1.24 bits per heavy atom. The molecule has 1 aliphatic rings. The minimum absolute atomic E-state index is 0.0371. The number of nitrogens with one attached hydrogen (secondary N) is 1. The SMILES string of the molecule is CC1CC(C)C(C)N(C(=O)N[C@@H](CCC(=O)O)C(=O)O)C1. The van der Waals surface area contributed by atoms with Gasteiger partial charge in [-0.3, -0.25) is 4.79 Å². The van der Waals surface area contributed by atoms with Crippen molar-refractivity contribution in [3.63, 3.8) is 0 Å². The van der Waals surface area contributed by atoms with E-state index in [2.05, 4.69) is 19.2 Å². The Bertz CT molecular complexity index is 412. The zero-order chi connectivity index (χ0) is 16.2. The van der Waals surface area contributed by atoms with E-state index in [1.165, 1.54) is 0 Å². The van der Waals surface area contributed by atoms with Gasteiger partial charge in [-0.15, -0.1) is 0 Å². The molecule has 120 valence electrons. The van der Waals surface area contributed by atoms with Crippen LogP contribution in [0.3, 0.4) is 0 Å². The highest BCUT2D eigenvalue weighted by Gasteiger charge is 2.33. The number of hydrogen-bond donors (Lipinski definition) is 3. The summed E-state index contributed by atoms with van der Waals surface area (Å²) in [5, 5.41) is 20.1. The second-order valence-electron chi connectivity index (χ2n) is 5.98. The summed E-state index contributed by atoms with van der Waals surface area (Å²) in [7, 11) is 0. The third-order valence-corrected chi connectivity index (χ3v) is 4.10. The van der Waals surface area contributed by atoms with Crippen LogP contribution < -0.4 is 5.32 Å². The minimum Gasteiger partial charge on any atom is -0.481 e. The summed E-state index contributed by atoms with van der Waals surface area (Å²) in [5.74, 6) is -1.58. The van der Waals surface area contributed by atoms with Crippen molar-refractivity contribution in [1.29, 1.82) is 0 Å². The van der Waals surface area contributed by atoms with Gasteiger partial charge in [0.15, 0.2) is 0 Å². The number of hydrogen-bond acceptors (Lipinski definition) is 3. The van der Waals surface area contributed by atoms with Crippen molar-refractivity contribution in [3.8, 4) is 0 Å². The van der Waals surface area contributed by atoms with Gasteiger partial charge >= 0.3 is 18.0 Å². The number of rotatable bonds is 5. The molecule has 0 radical (unpaired) electrons. The second-order valence-corrected chi connectivity index (χ2v) is 5.98. The molecule has 1 heterocycles. The van der Waals surface area contributed by atoms with E-state index in [1.807, 2.05) is 6.92 Å². The van der Waals surface area contributed by atoms with Crippen molar-refractivity contribution in [3.05, 3.63) is 0 Å². The maximum atomic E-state index is 12.3. The molecule has 7 nitrogen and oxygen atoms in total. The molecule has 0 spiro atoms. The van der Waals surface area contributed by atoms with Crippen molar-refractivity contribution >= 4 is 18.0 Å². The number of nitrogens with zero attached hydrogens (tertiary/aromatic N) is 1. The smallest absolute Gasteiger partial charge is 0.326 e. The normalized spacial score (nSPS) is 27.0. The third-order valence-electron chi connectivity index (χ3n) is 4.10. The van der Waals surface area contributed by atoms with Crippen LogP contribution in [0.4, 0.5) is 4.79 Å². The van der Waals surface area contributed by atoms with Crippen LogP contribution in [-0.4, -0.2) is 51.7 Å². The fourth-order valence-corrected chi connectivity index (χ4v) is 2.74. The molecule has 0 bridgehead atoms. The summed E-state index contributed by atoms with van der Waals surface area (Å²) in [6, 6.07) is -1.57. The average molecular weight is 300 g/mol. The molecule has 0 aromatic rings. The molecule has 7 heteroatoms. The number of likely N-dealkylation sites (tertiary alicyclic amines) is 1. The minimum atomic E-state index is -1.21. The largest absolute Gasteiger partial charge is 0.481 e. The van der Waals surface area contributed by atoms with Crippen LogP contribution in [0, 0.1) is 11.8 Å². The first-order valence-corrected chi connectivity index (χ1v) is 7.24. The van der Waals surface area contributed by atoms with Gasteiger partial charge < -0.3 is 20.4 Å². The number of aliphatic carboxylic acids is 2. The summed E-state index contributed by atoms with van der Waals surface area (Å²) >= 11 is 0. The zero-order valence-electron chi connectivity index (χ0n) is 12.7. The Balaban J connectivity index is 2.67. The van der Waals surface area contributed by atoms with Crippen molar-refractivity contribution in [2.75, 3.05) is 6.54 Å². The molecule has 1 aliphatic heterocycles. The fraction of sp³-hybridized carbons (Fsp3) is 0.786. The highest BCUT2D eigenvalue weighted by molar-refractivity contribution is 5.83. The lowest BCUT2D eigenvalue weighted by molar-refractivity contribution is -0.140. The van der Waals surface area contributed by atoms with Crippen LogP contribution in [0.25, 0.3) is 0 Å². The monoisotopic (exact) mass is 300 g/mol. The molecule has 2 amide bonds. The summed E-state index contributed by atoms with van der Waals surface area (Å²) in [5.41, 5.74) is 0. The van der Waals surface area contributed by atoms with E-state index in [9.17, 15) is 14.4 Å². The number of amides is 2. The molecule has 21 heavy (non-hydrogen) atoms. The van der Waals surface area contributed by atoms with Crippen LogP contribution in [0.5, 0.6) is 0 Å². The molecular weight excluding hydrogens is 276 g/mol. The lowest BCUT2D eigenvalue weighted by Gasteiger charge is -2.41. The highest BCUT2D eigenvalue weighted by Crippen LogP contribution is 2.26. The molecule has 3 N–H and O–H groups in total. The van der Waals surface area contributed by atoms with Crippen LogP contribution in [-0.2, 0) is 9.59 Å².